The Morgan fingerprint density at radius 1 is 1.30 bits per heavy atom. The van der Waals surface area contributed by atoms with Crippen LogP contribution in [-0.4, -0.2) is 27.9 Å². The first-order chi connectivity index (χ1) is 9.81. The quantitative estimate of drug-likeness (QED) is 0.929. The van der Waals surface area contributed by atoms with E-state index in [2.05, 4.69) is 34.5 Å². The van der Waals surface area contributed by atoms with Gasteiger partial charge in [0.15, 0.2) is 5.82 Å². The van der Waals surface area contributed by atoms with Gasteiger partial charge in [-0.05, 0) is 31.0 Å². The third-order valence-corrected chi connectivity index (χ3v) is 3.56. The average molecular weight is 272 g/mol. The van der Waals surface area contributed by atoms with Gasteiger partial charge in [0, 0.05) is 13.0 Å². The average Bonchev–Trinajstić information content (AvgIpc) is 2.91. The molecule has 0 spiro atoms. The molecular weight excluding hydrogens is 252 g/mol. The van der Waals surface area contributed by atoms with Gasteiger partial charge in [0.1, 0.15) is 5.75 Å². The molecule has 106 valence electrons. The molecule has 1 aliphatic rings. The van der Waals surface area contributed by atoms with Crippen LogP contribution in [0.1, 0.15) is 37.7 Å². The minimum absolute atomic E-state index is 0.259. The molecule has 0 aliphatic carbocycles. The van der Waals surface area contributed by atoms with Gasteiger partial charge in [-0.2, -0.15) is 10.1 Å². The highest BCUT2D eigenvalue weighted by molar-refractivity contribution is 5.35. The molecule has 0 bridgehead atoms. The summed E-state index contributed by atoms with van der Waals surface area (Å²) in [6.07, 6.45) is 1.88. The molecule has 5 nitrogen and oxygen atoms in total. The zero-order valence-corrected chi connectivity index (χ0v) is 12.0. The number of anilines is 1. The fraction of sp³-hybridized carbons (Fsp3) is 0.467. The largest absolute Gasteiger partial charge is 0.494 e. The Morgan fingerprint density at radius 2 is 2.10 bits per heavy atom. The highest BCUT2D eigenvalue weighted by Crippen LogP contribution is 2.29. The van der Waals surface area contributed by atoms with Crippen molar-refractivity contribution in [3.63, 3.8) is 0 Å². The normalized spacial score (nSPS) is 17.4. The molecule has 3 rings (SSSR count). The van der Waals surface area contributed by atoms with Crippen LogP contribution in [0.15, 0.2) is 24.3 Å². The molecule has 0 fully saturated rings. The number of nitrogens with one attached hydrogen (secondary N) is 1. The Kier molecular flexibility index (Phi) is 3.58. The summed E-state index contributed by atoms with van der Waals surface area (Å²) in [5.41, 5.74) is 1.25. The Hall–Kier alpha value is -2.04. The van der Waals surface area contributed by atoms with E-state index in [1.807, 2.05) is 23.7 Å². The van der Waals surface area contributed by atoms with Crippen LogP contribution in [0.4, 0.5) is 5.95 Å². The molecule has 0 radical (unpaired) electrons. The highest BCUT2D eigenvalue weighted by atomic mass is 16.5. The van der Waals surface area contributed by atoms with Gasteiger partial charge < -0.3 is 10.1 Å². The molecule has 1 aromatic heterocycles. The number of hydrogen-bond donors (Lipinski definition) is 1. The van der Waals surface area contributed by atoms with E-state index in [0.29, 0.717) is 6.61 Å². The standard InChI is InChI=1S/C15H20N4O/c1-3-14-17-15-16-10-9-13(19(15)18-14)11-5-7-12(8-6-11)20-4-2/h5-8,13H,3-4,9-10H2,1-2H3,(H,16,17,18). The zero-order chi connectivity index (χ0) is 13.9. The lowest BCUT2D eigenvalue weighted by molar-refractivity contribution is 0.340. The van der Waals surface area contributed by atoms with E-state index >= 15 is 0 Å². The number of rotatable bonds is 4. The second-order valence-electron chi connectivity index (χ2n) is 4.88. The fourth-order valence-corrected chi connectivity index (χ4v) is 2.56. The lowest BCUT2D eigenvalue weighted by Gasteiger charge is -2.24. The third kappa shape index (κ3) is 2.35. The van der Waals surface area contributed by atoms with Gasteiger partial charge in [0.2, 0.25) is 5.95 Å². The predicted octanol–water partition coefficient (Wildman–Crippen LogP) is 2.64. The summed E-state index contributed by atoms with van der Waals surface area (Å²) in [5, 5.41) is 7.91. The SMILES string of the molecule is CCOc1ccc(C2CCNc3nc(CC)nn32)cc1. The van der Waals surface area contributed by atoms with Crippen molar-refractivity contribution in [2.45, 2.75) is 32.7 Å². The van der Waals surface area contributed by atoms with Crippen LogP contribution < -0.4 is 10.1 Å². The third-order valence-electron chi connectivity index (χ3n) is 3.56. The van der Waals surface area contributed by atoms with Gasteiger partial charge in [-0.1, -0.05) is 19.1 Å². The number of aryl methyl sites for hydroxylation is 1. The molecule has 1 N–H and O–H groups in total. The van der Waals surface area contributed by atoms with Crippen molar-refractivity contribution < 1.29 is 4.74 Å². The molecule has 0 amide bonds. The van der Waals surface area contributed by atoms with Gasteiger partial charge >= 0.3 is 0 Å². The lowest BCUT2D eigenvalue weighted by atomic mass is 10.0. The van der Waals surface area contributed by atoms with Crippen molar-refractivity contribution in [3.8, 4) is 5.75 Å². The molecular formula is C15H20N4O. The highest BCUT2D eigenvalue weighted by Gasteiger charge is 2.23. The Balaban J connectivity index is 1.89. The van der Waals surface area contributed by atoms with E-state index < -0.39 is 0 Å². The van der Waals surface area contributed by atoms with Crippen LogP contribution in [0.25, 0.3) is 0 Å². The Labute approximate surface area is 119 Å². The van der Waals surface area contributed by atoms with E-state index in [1.54, 1.807) is 0 Å². The van der Waals surface area contributed by atoms with Gasteiger partial charge in [-0.15, -0.1) is 0 Å². The minimum Gasteiger partial charge on any atom is -0.494 e. The summed E-state index contributed by atoms with van der Waals surface area (Å²) >= 11 is 0. The van der Waals surface area contributed by atoms with Crippen LogP contribution in [0.3, 0.4) is 0 Å². The first kappa shape index (κ1) is 13.0. The summed E-state index contributed by atoms with van der Waals surface area (Å²) in [6, 6.07) is 8.56. The molecule has 0 saturated carbocycles. The van der Waals surface area contributed by atoms with E-state index in [0.717, 1.165) is 36.9 Å². The second kappa shape index (κ2) is 5.53. The monoisotopic (exact) mass is 272 g/mol. The van der Waals surface area contributed by atoms with E-state index in [1.165, 1.54) is 5.56 Å². The maximum Gasteiger partial charge on any atom is 0.221 e. The van der Waals surface area contributed by atoms with E-state index in [-0.39, 0.29) is 6.04 Å². The molecule has 0 saturated heterocycles. The molecule has 5 heteroatoms. The number of fused-ring (bicyclic) bond motifs is 1. The van der Waals surface area contributed by atoms with Gasteiger partial charge in [-0.25, -0.2) is 4.68 Å². The molecule has 20 heavy (non-hydrogen) atoms. The van der Waals surface area contributed by atoms with Gasteiger partial charge in [0.05, 0.1) is 12.6 Å². The molecule has 1 atom stereocenters. The number of benzene rings is 1. The van der Waals surface area contributed by atoms with Crippen molar-refractivity contribution in [2.24, 2.45) is 0 Å². The van der Waals surface area contributed by atoms with Crippen molar-refractivity contribution in [3.05, 3.63) is 35.7 Å². The maximum atomic E-state index is 5.49. The van der Waals surface area contributed by atoms with Crippen molar-refractivity contribution in [2.75, 3.05) is 18.5 Å². The van der Waals surface area contributed by atoms with Crippen LogP contribution in [0.5, 0.6) is 5.75 Å². The predicted molar refractivity (Wildman–Crippen MR) is 78.3 cm³/mol. The van der Waals surface area contributed by atoms with Gasteiger partial charge in [-0.3, -0.25) is 0 Å². The molecule has 1 aromatic carbocycles. The molecule has 2 heterocycles. The Bertz CT molecular complexity index is 576. The van der Waals surface area contributed by atoms with Gasteiger partial charge in [0.25, 0.3) is 0 Å². The van der Waals surface area contributed by atoms with Crippen LogP contribution >= 0.6 is 0 Å². The van der Waals surface area contributed by atoms with E-state index in [9.17, 15) is 0 Å². The van der Waals surface area contributed by atoms with Crippen LogP contribution in [0, 0.1) is 0 Å². The topological polar surface area (TPSA) is 52.0 Å². The summed E-state index contributed by atoms with van der Waals surface area (Å²) in [6.45, 7) is 5.70. The maximum absolute atomic E-state index is 5.49. The zero-order valence-electron chi connectivity index (χ0n) is 12.0. The van der Waals surface area contributed by atoms with Crippen LogP contribution in [-0.2, 0) is 6.42 Å². The first-order valence-electron chi connectivity index (χ1n) is 7.24. The van der Waals surface area contributed by atoms with Crippen molar-refractivity contribution in [1.29, 1.82) is 0 Å². The smallest absolute Gasteiger partial charge is 0.221 e. The first-order valence-corrected chi connectivity index (χ1v) is 7.24. The second-order valence-corrected chi connectivity index (χ2v) is 4.88. The fourth-order valence-electron chi connectivity index (χ4n) is 2.56. The number of nitrogens with zero attached hydrogens (tertiary/aromatic N) is 3. The van der Waals surface area contributed by atoms with E-state index in [4.69, 9.17) is 4.74 Å². The summed E-state index contributed by atoms with van der Waals surface area (Å²) in [7, 11) is 0. The summed E-state index contributed by atoms with van der Waals surface area (Å²) in [4.78, 5) is 4.51. The summed E-state index contributed by atoms with van der Waals surface area (Å²) < 4.78 is 7.50. The van der Waals surface area contributed by atoms with Crippen LogP contribution in [0.2, 0.25) is 0 Å². The lowest BCUT2D eigenvalue weighted by Crippen LogP contribution is -2.24. The van der Waals surface area contributed by atoms with Crippen molar-refractivity contribution in [1.82, 2.24) is 14.8 Å². The summed E-state index contributed by atoms with van der Waals surface area (Å²) in [5.74, 6) is 2.69. The number of hydrogen-bond acceptors (Lipinski definition) is 4. The molecule has 1 aliphatic heterocycles. The molecule has 1 unspecified atom stereocenters. The minimum atomic E-state index is 0.259. The molecule has 2 aromatic rings. The van der Waals surface area contributed by atoms with Crippen molar-refractivity contribution >= 4 is 5.95 Å². The Morgan fingerprint density at radius 3 is 2.80 bits per heavy atom. The number of ether oxygens (including phenoxy) is 1. The number of aromatic nitrogens is 3.